The summed E-state index contributed by atoms with van der Waals surface area (Å²) in [6, 6.07) is 0.774. The molecule has 0 saturated carbocycles. The fourth-order valence-electron chi connectivity index (χ4n) is 0.424. The summed E-state index contributed by atoms with van der Waals surface area (Å²) in [6.07, 6.45) is 6.22. The van der Waals surface area contributed by atoms with Gasteiger partial charge in [0.15, 0.2) is 0 Å². The molecule has 1 atom stereocenters. The van der Waals surface area contributed by atoms with Crippen molar-refractivity contribution in [2.75, 3.05) is 0 Å². The first-order chi connectivity index (χ1) is 4.74. The molecule has 0 rings (SSSR count). The van der Waals surface area contributed by atoms with Gasteiger partial charge in [-0.15, -0.1) is 6.42 Å². The quantitative estimate of drug-likeness (QED) is 0.344. The van der Waals surface area contributed by atoms with Crippen molar-refractivity contribution in [3.8, 4) is 12.0 Å². The number of terminal acetylenes is 1. The van der Waals surface area contributed by atoms with Crippen molar-refractivity contribution in [3.05, 3.63) is 12.7 Å². The van der Waals surface area contributed by atoms with Crippen molar-refractivity contribution in [3.63, 3.8) is 0 Å². The van der Waals surface area contributed by atoms with Crippen molar-refractivity contribution < 1.29 is 10.6 Å². The molecule has 2 nitrogen and oxygen atoms in total. The Morgan fingerprint density at radius 3 is 3.00 bits per heavy atom. The molecule has 0 aliphatic rings. The zero-order valence-electron chi connectivity index (χ0n) is 5.96. The van der Waals surface area contributed by atoms with E-state index in [1.165, 1.54) is 0 Å². The summed E-state index contributed by atoms with van der Waals surface area (Å²) >= 11 is 0. The van der Waals surface area contributed by atoms with Gasteiger partial charge in [-0.3, -0.25) is 0 Å². The summed E-state index contributed by atoms with van der Waals surface area (Å²) in [5.41, 5.74) is 2.46. The van der Waals surface area contributed by atoms with Gasteiger partial charge in [0, 0.05) is 7.50 Å². The zero-order valence-corrected chi connectivity index (χ0v) is 7.12. The van der Waals surface area contributed by atoms with Crippen molar-refractivity contribution in [2.24, 2.45) is 0 Å². The second kappa shape index (κ2) is 4.83. The molecule has 56 valence electrons. The number of carbonyl (C=O) groups is 1. The van der Waals surface area contributed by atoms with E-state index < -0.39 is 15.0 Å². The molecule has 0 aliphatic heterocycles. The van der Waals surface area contributed by atoms with Crippen LogP contribution in [0.3, 0.4) is 0 Å². The largest absolute Gasteiger partial charge is 0.507 e. The summed E-state index contributed by atoms with van der Waals surface area (Å²) in [5.74, 6) is -0.406. The van der Waals surface area contributed by atoms with E-state index in [2.05, 4.69) is 12.1 Å². The topological polar surface area (TPSA) is 26.3 Å². The highest BCUT2D eigenvalue weighted by atomic mass is 28.3. The molecule has 10 heavy (non-hydrogen) atoms. The van der Waals surface area contributed by atoms with Crippen LogP contribution in [0.5, 0.6) is 0 Å². The third kappa shape index (κ3) is 3.10. The summed E-state index contributed by atoms with van der Waals surface area (Å²) in [4.78, 5) is 10.5. The highest BCUT2D eigenvalue weighted by molar-refractivity contribution is 6.62. The van der Waals surface area contributed by atoms with Gasteiger partial charge in [-0.1, -0.05) is 19.0 Å². The van der Waals surface area contributed by atoms with Crippen LogP contribution in [0.15, 0.2) is 12.7 Å². The Labute approximate surface area is 64.1 Å². The van der Waals surface area contributed by atoms with Gasteiger partial charge >= 0.3 is 15.0 Å². The molecular formula is C7H12O2Si. The van der Waals surface area contributed by atoms with Gasteiger partial charge in [-0.2, -0.15) is 0 Å². The summed E-state index contributed by atoms with van der Waals surface area (Å²) in [6.45, 7) is 5.17. The van der Waals surface area contributed by atoms with E-state index in [0.717, 1.165) is 12.1 Å². The lowest BCUT2D eigenvalue weighted by Crippen LogP contribution is -2.18. The van der Waals surface area contributed by atoms with Crippen LogP contribution in [0.25, 0.3) is 0 Å². The van der Waals surface area contributed by atoms with E-state index in [1.807, 2.05) is 6.92 Å². The average molecular weight is 156 g/mol. The van der Waals surface area contributed by atoms with Crippen LogP contribution < -0.4 is 0 Å². The minimum atomic E-state index is -1.66. The molecule has 0 fully saturated rings. The van der Waals surface area contributed by atoms with Gasteiger partial charge < -0.3 is 4.43 Å². The van der Waals surface area contributed by atoms with E-state index in [0.29, 0.717) is 0 Å². The zero-order chi connectivity index (χ0) is 7.98. The monoisotopic (exact) mass is 156 g/mol. The maximum Gasteiger partial charge on any atom is 0.318 e. The third-order valence-electron chi connectivity index (χ3n) is 0.982. The minimum Gasteiger partial charge on any atom is -0.507 e. The molecule has 0 aromatic heterocycles. The van der Waals surface area contributed by atoms with E-state index in [4.69, 9.17) is 10.8 Å². The van der Waals surface area contributed by atoms with Crippen molar-refractivity contribution in [1.82, 2.24) is 0 Å². The number of hydrogen-bond donors (Lipinski definition) is 0. The lowest BCUT2D eigenvalue weighted by molar-refractivity contribution is -0.129. The summed E-state index contributed by atoms with van der Waals surface area (Å²) in [7, 11) is -1.66. The molecule has 0 amide bonds. The Balaban J connectivity index is 0. The molecule has 0 heterocycles. The normalized spacial score (nSPS) is 11.2. The van der Waals surface area contributed by atoms with Crippen molar-refractivity contribution >= 4 is 15.0 Å². The van der Waals surface area contributed by atoms with Gasteiger partial charge in [0.1, 0.15) is 0 Å². The fourth-order valence-corrected chi connectivity index (χ4v) is 1.27. The number of rotatable bonds is 3. The van der Waals surface area contributed by atoms with Gasteiger partial charge in [0.2, 0.25) is 0 Å². The first kappa shape index (κ1) is 8.99. The second-order valence-corrected chi connectivity index (χ2v) is 4.07. The molecule has 0 N–H and O–H groups in total. The second-order valence-electron chi connectivity index (χ2n) is 1.70. The van der Waals surface area contributed by atoms with Crippen LogP contribution in [0, 0.1) is 12.0 Å². The SMILES string of the molecule is C#C[SiH](CC)OC(=O)C=C.[HH]. The predicted octanol–water partition coefficient (Wildman–Crippen LogP) is 0.878. The van der Waals surface area contributed by atoms with Gasteiger partial charge in [0.05, 0.1) is 0 Å². The van der Waals surface area contributed by atoms with Crippen LogP contribution >= 0.6 is 0 Å². The highest BCUT2D eigenvalue weighted by Gasteiger charge is 2.07. The van der Waals surface area contributed by atoms with Crippen LogP contribution in [0.4, 0.5) is 0 Å². The lowest BCUT2D eigenvalue weighted by atomic mass is 10.7. The van der Waals surface area contributed by atoms with Gasteiger partial charge in [0.25, 0.3) is 0 Å². The minimum absolute atomic E-state index is 0. The Bertz CT molecular complexity index is 174. The fraction of sp³-hybridized carbons (Fsp3) is 0.286. The standard InChI is InChI=1S/C7H10O2Si.H2/c1-4-7(8)9-10(5-2)6-3;/h2,4,10H,1,6H2,3H3;1H. The molecule has 3 heteroatoms. The van der Waals surface area contributed by atoms with Crippen LogP contribution in [0.2, 0.25) is 6.04 Å². The Kier molecular flexibility index (Phi) is 4.34. The van der Waals surface area contributed by atoms with Crippen LogP contribution in [-0.2, 0) is 9.22 Å². The van der Waals surface area contributed by atoms with Crippen molar-refractivity contribution in [1.29, 1.82) is 0 Å². The van der Waals surface area contributed by atoms with Gasteiger partial charge in [-0.25, -0.2) is 4.79 Å². The Hall–Kier alpha value is -1.01. The van der Waals surface area contributed by atoms with Crippen LogP contribution in [-0.4, -0.2) is 15.0 Å². The Morgan fingerprint density at radius 1 is 2.10 bits per heavy atom. The lowest BCUT2D eigenvalue weighted by Gasteiger charge is -2.04. The molecule has 0 spiro atoms. The maximum absolute atomic E-state index is 10.5. The molecule has 1 unspecified atom stereocenters. The molecule has 0 aromatic rings. The molecule has 0 bridgehead atoms. The van der Waals surface area contributed by atoms with Crippen molar-refractivity contribution in [2.45, 2.75) is 13.0 Å². The Morgan fingerprint density at radius 2 is 2.70 bits per heavy atom. The summed E-state index contributed by atoms with van der Waals surface area (Å²) in [5, 5.41) is 0. The molecule has 0 radical (unpaired) electrons. The first-order valence-electron chi connectivity index (χ1n) is 3.03. The van der Waals surface area contributed by atoms with Gasteiger partial charge in [-0.05, 0) is 6.04 Å². The highest BCUT2D eigenvalue weighted by Crippen LogP contribution is 1.92. The van der Waals surface area contributed by atoms with E-state index >= 15 is 0 Å². The van der Waals surface area contributed by atoms with E-state index in [1.54, 1.807) is 0 Å². The smallest absolute Gasteiger partial charge is 0.318 e. The molecule has 0 saturated heterocycles. The third-order valence-corrected chi connectivity index (χ3v) is 2.61. The number of carbonyl (C=O) groups excluding carboxylic acids is 1. The summed E-state index contributed by atoms with van der Waals surface area (Å²) < 4.78 is 4.84. The first-order valence-corrected chi connectivity index (χ1v) is 4.90. The number of hydrogen-bond acceptors (Lipinski definition) is 2. The predicted molar refractivity (Wildman–Crippen MR) is 44.9 cm³/mol. The van der Waals surface area contributed by atoms with E-state index in [-0.39, 0.29) is 1.43 Å². The molecule has 0 aromatic carbocycles. The maximum atomic E-state index is 10.5. The van der Waals surface area contributed by atoms with E-state index in [9.17, 15) is 4.79 Å². The molecule has 0 aliphatic carbocycles. The average Bonchev–Trinajstić information content (AvgIpc) is 1.99. The van der Waals surface area contributed by atoms with Crippen LogP contribution in [0.1, 0.15) is 8.35 Å². The molecular weight excluding hydrogens is 144 g/mol.